The maximum absolute atomic E-state index is 11.6. The van der Waals surface area contributed by atoms with Crippen molar-refractivity contribution in [3.63, 3.8) is 0 Å². The number of hydrogen-bond acceptors (Lipinski definition) is 3. The van der Waals surface area contributed by atoms with Gasteiger partial charge in [-0.3, -0.25) is 5.43 Å². The van der Waals surface area contributed by atoms with Crippen molar-refractivity contribution in [1.82, 2.24) is 16.2 Å². The summed E-state index contributed by atoms with van der Waals surface area (Å²) >= 11 is 10.8. The van der Waals surface area contributed by atoms with Crippen molar-refractivity contribution >= 4 is 40.6 Å². The molecule has 1 saturated heterocycles. The summed E-state index contributed by atoms with van der Waals surface area (Å²) in [6.45, 7) is 1.43. The molecule has 0 aromatic heterocycles. The predicted molar refractivity (Wildman–Crippen MR) is 86.3 cm³/mol. The van der Waals surface area contributed by atoms with Crippen LogP contribution in [0.15, 0.2) is 24.3 Å². The van der Waals surface area contributed by atoms with Gasteiger partial charge in [-0.2, -0.15) is 0 Å². The lowest BCUT2D eigenvalue weighted by atomic mass is 10.2. The van der Waals surface area contributed by atoms with Crippen molar-refractivity contribution < 1.29 is 9.53 Å². The molecule has 1 atom stereocenters. The molecule has 114 valence electrons. The minimum atomic E-state index is -0.418. The van der Waals surface area contributed by atoms with Crippen LogP contribution in [0.2, 0.25) is 5.02 Å². The Hall–Kier alpha value is -1.57. The number of ether oxygens (including phenoxy) is 1. The molecule has 0 spiro atoms. The largest absolute Gasteiger partial charge is 0.376 e. The van der Waals surface area contributed by atoms with E-state index < -0.39 is 6.03 Å². The third-order valence-corrected chi connectivity index (χ3v) is 3.40. The van der Waals surface area contributed by atoms with Gasteiger partial charge in [-0.25, -0.2) is 10.2 Å². The van der Waals surface area contributed by atoms with Crippen LogP contribution in [-0.4, -0.2) is 30.4 Å². The van der Waals surface area contributed by atoms with Crippen molar-refractivity contribution in [2.45, 2.75) is 18.9 Å². The first-order valence-electron chi connectivity index (χ1n) is 6.61. The molecule has 0 radical (unpaired) electrons. The molecule has 8 heteroatoms. The van der Waals surface area contributed by atoms with Gasteiger partial charge in [-0.05, 0) is 49.3 Å². The van der Waals surface area contributed by atoms with Gasteiger partial charge in [0.25, 0.3) is 0 Å². The Labute approximate surface area is 133 Å². The fourth-order valence-electron chi connectivity index (χ4n) is 1.87. The quantitative estimate of drug-likeness (QED) is 0.504. The lowest BCUT2D eigenvalue weighted by Crippen LogP contribution is -2.49. The number of rotatable bonds is 3. The smallest absolute Gasteiger partial charge is 0.337 e. The molecule has 0 aliphatic carbocycles. The second kappa shape index (κ2) is 8.02. The van der Waals surface area contributed by atoms with Gasteiger partial charge in [0, 0.05) is 23.9 Å². The van der Waals surface area contributed by atoms with Crippen LogP contribution < -0.4 is 21.5 Å². The Balaban J connectivity index is 1.63. The summed E-state index contributed by atoms with van der Waals surface area (Å²) in [4.78, 5) is 11.6. The average molecular weight is 329 g/mol. The summed E-state index contributed by atoms with van der Waals surface area (Å²) in [5.41, 5.74) is 5.69. The van der Waals surface area contributed by atoms with E-state index >= 15 is 0 Å². The van der Waals surface area contributed by atoms with Crippen LogP contribution >= 0.6 is 23.8 Å². The normalized spacial score (nSPS) is 17.1. The summed E-state index contributed by atoms with van der Waals surface area (Å²) in [5.74, 6) is 0. The highest BCUT2D eigenvalue weighted by atomic mass is 35.5. The van der Waals surface area contributed by atoms with Crippen molar-refractivity contribution in [2.24, 2.45) is 0 Å². The summed E-state index contributed by atoms with van der Waals surface area (Å²) in [6, 6.07) is 6.38. The number of nitrogens with one attached hydrogen (secondary N) is 4. The van der Waals surface area contributed by atoms with Crippen LogP contribution in [0.5, 0.6) is 0 Å². The van der Waals surface area contributed by atoms with Crippen LogP contribution in [0.1, 0.15) is 12.8 Å². The highest BCUT2D eigenvalue weighted by molar-refractivity contribution is 7.80. The molecular weight excluding hydrogens is 312 g/mol. The van der Waals surface area contributed by atoms with E-state index in [1.54, 1.807) is 24.3 Å². The molecule has 1 aromatic carbocycles. The summed E-state index contributed by atoms with van der Waals surface area (Å²) in [7, 11) is 0. The number of halogens is 1. The van der Waals surface area contributed by atoms with Gasteiger partial charge in [-0.1, -0.05) is 11.6 Å². The minimum absolute atomic E-state index is 0.188. The second-order valence-electron chi connectivity index (χ2n) is 4.56. The predicted octanol–water partition coefficient (Wildman–Crippen LogP) is 2.02. The van der Waals surface area contributed by atoms with Gasteiger partial charge in [0.2, 0.25) is 0 Å². The van der Waals surface area contributed by atoms with E-state index in [0.29, 0.717) is 22.4 Å². The highest BCUT2D eigenvalue weighted by Gasteiger charge is 2.15. The standard InChI is InChI=1S/C13H17ClN4O2S/c14-9-3-5-10(6-4-9)16-12(19)17-18-13(21)15-8-11-2-1-7-20-11/h3-6,11H,1-2,7-8H2,(H2,15,18,21)(H2,16,17,19)/t11-/m0/s1. The third kappa shape index (κ3) is 5.74. The Kier molecular flexibility index (Phi) is 6.04. The first-order valence-corrected chi connectivity index (χ1v) is 7.40. The molecule has 2 rings (SSSR count). The van der Waals surface area contributed by atoms with Crippen molar-refractivity contribution in [3.8, 4) is 0 Å². The van der Waals surface area contributed by atoms with E-state index in [1.165, 1.54) is 0 Å². The highest BCUT2D eigenvalue weighted by Crippen LogP contribution is 2.13. The van der Waals surface area contributed by atoms with Gasteiger partial charge in [0.05, 0.1) is 6.10 Å². The summed E-state index contributed by atoms with van der Waals surface area (Å²) in [5, 5.41) is 6.58. The van der Waals surface area contributed by atoms with E-state index in [1.807, 2.05) is 0 Å². The number of thiocarbonyl (C=S) groups is 1. The van der Waals surface area contributed by atoms with Crippen LogP contribution in [0.4, 0.5) is 10.5 Å². The minimum Gasteiger partial charge on any atom is -0.376 e. The summed E-state index contributed by atoms with van der Waals surface area (Å²) in [6.07, 6.45) is 2.29. The number of amides is 2. The zero-order chi connectivity index (χ0) is 15.1. The monoisotopic (exact) mass is 328 g/mol. The van der Waals surface area contributed by atoms with Gasteiger partial charge >= 0.3 is 6.03 Å². The van der Waals surface area contributed by atoms with E-state index in [2.05, 4.69) is 21.5 Å². The molecule has 4 N–H and O–H groups in total. The molecule has 1 aliphatic rings. The molecule has 1 aliphatic heterocycles. The molecular formula is C13H17ClN4O2S. The Morgan fingerprint density at radius 1 is 1.33 bits per heavy atom. The molecule has 1 fully saturated rings. The lowest BCUT2D eigenvalue weighted by molar-refractivity contribution is 0.114. The first-order chi connectivity index (χ1) is 10.1. The lowest BCUT2D eigenvalue weighted by Gasteiger charge is -2.14. The molecule has 21 heavy (non-hydrogen) atoms. The van der Waals surface area contributed by atoms with Gasteiger partial charge in [0.15, 0.2) is 5.11 Å². The fraction of sp³-hybridized carbons (Fsp3) is 0.385. The average Bonchev–Trinajstić information content (AvgIpc) is 2.99. The zero-order valence-electron chi connectivity index (χ0n) is 11.3. The zero-order valence-corrected chi connectivity index (χ0v) is 12.9. The van der Waals surface area contributed by atoms with Crippen molar-refractivity contribution in [2.75, 3.05) is 18.5 Å². The number of hydrazine groups is 1. The fourth-order valence-corrected chi connectivity index (χ4v) is 2.13. The van der Waals surface area contributed by atoms with Gasteiger partial charge in [-0.15, -0.1) is 0 Å². The molecule has 0 bridgehead atoms. The Bertz CT molecular complexity index is 491. The molecule has 1 aromatic rings. The number of carbonyl (C=O) groups is 1. The molecule has 0 saturated carbocycles. The molecule has 2 amide bonds. The number of urea groups is 1. The number of carbonyl (C=O) groups excluding carboxylic acids is 1. The molecule has 6 nitrogen and oxygen atoms in total. The van der Waals surface area contributed by atoms with Crippen LogP contribution in [0, 0.1) is 0 Å². The van der Waals surface area contributed by atoms with Crippen molar-refractivity contribution in [1.29, 1.82) is 0 Å². The maximum atomic E-state index is 11.6. The third-order valence-electron chi connectivity index (χ3n) is 2.91. The second-order valence-corrected chi connectivity index (χ2v) is 5.40. The molecule has 0 unspecified atom stereocenters. The van der Waals surface area contributed by atoms with Crippen molar-refractivity contribution in [3.05, 3.63) is 29.3 Å². The number of hydrogen-bond donors (Lipinski definition) is 4. The van der Waals surface area contributed by atoms with E-state index in [-0.39, 0.29) is 6.10 Å². The Morgan fingerprint density at radius 2 is 2.10 bits per heavy atom. The van der Waals surface area contributed by atoms with Crippen LogP contribution in [-0.2, 0) is 4.74 Å². The summed E-state index contributed by atoms with van der Waals surface area (Å²) < 4.78 is 5.46. The first kappa shape index (κ1) is 15.8. The van der Waals surface area contributed by atoms with E-state index in [4.69, 9.17) is 28.6 Å². The maximum Gasteiger partial charge on any atom is 0.337 e. The topological polar surface area (TPSA) is 74.4 Å². The van der Waals surface area contributed by atoms with Crippen LogP contribution in [0.25, 0.3) is 0 Å². The van der Waals surface area contributed by atoms with Gasteiger partial charge in [0.1, 0.15) is 0 Å². The van der Waals surface area contributed by atoms with Crippen LogP contribution in [0.3, 0.4) is 0 Å². The van der Waals surface area contributed by atoms with Gasteiger partial charge < -0.3 is 15.4 Å². The number of benzene rings is 1. The van der Waals surface area contributed by atoms with E-state index in [0.717, 1.165) is 19.4 Å². The molecule has 1 heterocycles. The Morgan fingerprint density at radius 3 is 2.76 bits per heavy atom. The SMILES string of the molecule is O=C(NNC(=S)NC[C@@H]1CCCO1)Nc1ccc(Cl)cc1. The van der Waals surface area contributed by atoms with E-state index in [9.17, 15) is 4.79 Å². The number of anilines is 1.